The van der Waals surface area contributed by atoms with Crippen LogP contribution in [0.5, 0.6) is 0 Å². The van der Waals surface area contributed by atoms with E-state index in [9.17, 15) is 9.59 Å². The molecule has 1 aromatic heterocycles. The van der Waals surface area contributed by atoms with E-state index in [2.05, 4.69) is 44.8 Å². The molecule has 170 valence electrons. The number of benzene rings is 1. The molecule has 1 aromatic carbocycles. The predicted molar refractivity (Wildman–Crippen MR) is 123 cm³/mol. The lowest BCUT2D eigenvalue weighted by Gasteiger charge is -2.35. The zero-order valence-electron chi connectivity index (χ0n) is 18.5. The Hall–Kier alpha value is -3.13. The number of hydrogen-bond acceptors (Lipinski definition) is 6. The van der Waals surface area contributed by atoms with Crippen molar-refractivity contribution in [3.05, 3.63) is 59.8 Å². The second-order valence-electron chi connectivity index (χ2n) is 8.20. The van der Waals surface area contributed by atoms with Gasteiger partial charge in [-0.2, -0.15) is 0 Å². The fourth-order valence-corrected chi connectivity index (χ4v) is 4.29. The molecule has 2 aliphatic rings. The number of nitrogens with zero attached hydrogens (tertiary/aromatic N) is 3. The first-order chi connectivity index (χ1) is 15.6. The van der Waals surface area contributed by atoms with Crippen LogP contribution in [0.2, 0.25) is 0 Å². The van der Waals surface area contributed by atoms with Crippen molar-refractivity contribution in [2.24, 2.45) is 0 Å². The van der Waals surface area contributed by atoms with E-state index in [1.807, 2.05) is 12.1 Å². The van der Waals surface area contributed by atoms with Gasteiger partial charge >= 0.3 is 6.09 Å². The van der Waals surface area contributed by atoms with Gasteiger partial charge in [-0.15, -0.1) is 0 Å². The number of carbonyl (C=O) groups is 2. The molecule has 3 heterocycles. The molecule has 2 N–H and O–H groups in total. The second-order valence-corrected chi connectivity index (χ2v) is 8.20. The first-order valence-electron chi connectivity index (χ1n) is 11.4. The number of nitrogens with one attached hydrogen (secondary N) is 2. The summed E-state index contributed by atoms with van der Waals surface area (Å²) >= 11 is 0. The van der Waals surface area contributed by atoms with E-state index >= 15 is 0 Å². The van der Waals surface area contributed by atoms with Crippen molar-refractivity contribution in [2.75, 3.05) is 44.2 Å². The van der Waals surface area contributed by atoms with Crippen LogP contribution in [-0.2, 0) is 4.74 Å². The number of amides is 2. The monoisotopic (exact) mass is 437 g/mol. The van der Waals surface area contributed by atoms with Crippen LogP contribution in [0, 0.1) is 0 Å². The molecule has 0 saturated carbocycles. The van der Waals surface area contributed by atoms with Gasteiger partial charge in [0.15, 0.2) is 0 Å². The Morgan fingerprint density at radius 2 is 1.94 bits per heavy atom. The van der Waals surface area contributed by atoms with Gasteiger partial charge in [0.2, 0.25) is 0 Å². The van der Waals surface area contributed by atoms with Crippen molar-refractivity contribution in [1.29, 1.82) is 0 Å². The Balaban J connectivity index is 1.35. The molecule has 8 nitrogen and oxygen atoms in total. The minimum atomic E-state index is -0.277. The van der Waals surface area contributed by atoms with E-state index in [4.69, 9.17) is 4.74 Å². The lowest BCUT2D eigenvalue weighted by Crippen LogP contribution is -2.47. The lowest BCUT2D eigenvalue weighted by molar-refractivity contribution is 0.0860. The van der Waals surface area contributed by atoms with E-state index in [1.54, 1.807) is 24.1 Å². The van der Waals surface area contributed by atoms with Gasteiger partial charge in [-0.25, -0.2) is 9.78 Å². The quantitative estimate of drug-likeness (QED) is 0.748. The van der Waals surface area contributed by atoms with Gasteiger partial charge in [0.1, 0.15) is 5.82 Å². The van der Waals surface area contributed by atoms with Crippen molar-refractivity contribution in [1.82, 2.24) is 20.5 Å². The van der Waals surface area contributed by atoms with Crippen LogP contribution >= 0.6 is 0 Å². The molecule has 0 radical (unpaired) electrons. The number of carbonyl (C=O) groups excluding carboxylic acids is 2. The number of ether oxygens (including phenoxy) is 1. The topological polar surface area (TPSA) is 86.8 Å². The maximum absolute atomic E-state index is 12.9. The van der Waals surface area contributed by atoms with Gasteiger partial charge in [0.05, 0.1) is 6.61 Å². The molecule has 0 unspecified atom stereocenters. The average Bonchev–Trinajstić information content (AvgIpc) is 2.85. The average molecular weight is 438 g/mol. The van der Waals surface area contributed by atoms with Crippen molar-refractivity contribution in [3.63, 3.8) is 0 Å². The normalized spacial score (nSPS) is 19.5. The maximum atomic E-state index is 12.9. The number of rotatable bonds is 5. The summed E-state index contributed by atoms with van der Waals surface area (Å²) < 4.78 is 5.06. The largest absolute Gasteiger partial charge is 0.450 e. The number of likely N-dealkylation sites (tertiary alicyclic amines) is 1. The maximum Gasteiger partial charge on any atom is 0.409 e. The molecule has 2 fully saturated rings. The Morgan fingerprint density at radius 3 is 2.69 bits per heavy atom. The molecule has 1 atom stereocenters. The Kier molecular flexibility index (Phi) is 7.21. The third-order valence-electron chi connectivity index (χ3n) is 6.07. The molecule has 2 saturated heterocycles. The van der Waals surface area contributed by atoms with E-state index in [-0.39, 0.29) is 24.1 Å². The first-order valence-corrected chi connectivity index (χ1v) is 11.4. The highest BCUT2D eigenvalue weighted by Gasteiger charge is 2.26. The van der Waals surface area contributed by atoms with E-state index < -0.39 is 0 Å². The Morgan fingerprint density at radius 1 is 1.16 bits per heavy atom. The summed E-state index contributed by atoms with van der Waals surface area (Å²) in [6, 6.07) is 14.3. The SMILES string of the molecule is CCOC(=O)N1CCC(NC(=O)c2ccnc(N3CCN[C@@H](c4ccccc4)C3)c2)CC1. The zero-order chi connectivity index (χ0) is 22.3. The predicted octanol–water partition coefficient (Wildman–Crippen LogP) is 2.58. The summed E-state index contributed by atoms with van der Waals surface area (Å²) in [5.74, 6) is 0.718. The number of piperazine rings is 1. The van der Waals surface area contributed by atoms with Crippen molar-refractivity contribution in [3.8, 4) is 0 Å². The first kappa shape index (κ1) is 22.1. The molecular formula is C24H31N5O3. The Bertz CT molecular complexity index is 915. The number of aromatic nitrogens is 1. The number of piperidine rings is 1. The smallest absolute Gasteiger partial charge is 0.409 e. The summed E-state index contributed by atoms with van der Waals surface area (Å²) in [4.78, 5) is 33.2. The van der Waals surface area contributed by atoms with Crippen molar-refractivity contribution >= 4 is 17.8 Å². The van der Waals surface area contributed by atoms with Crippen LogP contribution in [-0.4, -0.2) is 67.3 Å². The summed E-state index contributed by atoms with van der Waals surface area (Å²) in [7, 11) is 0. The fourth-order valence-electron chi connectivity index (χ4n) is 4.29. The summed E-state index contributed by atoms with van der Waals surface area (Å²) in [6.07, 6.45) is 2.87. The van der Waals surface area contributed by atoms with Gasteiger partial charge in [0.25, 0.3) is 5.91 Å². The molecular weight excluding hydrogens is 406 g/mol. The lowest BCUT2D eigenvalue weighted by atomic mass is 10.0. The van der Waals surface area contributed by atoms with Crippen LogP contribution in [0.1, 0.15) is 41.7 Å². The van der Waals surface area contributed by atoms with Gasteiger partial charge in [-0.3, -0.25) is 4.79 Å². The second kappa shape index (κ2) is 10.5. The Labute approximate surface area is 188 Å². The van der Waals surface area contributed by atoms with Crippen molar-refractivity contribution < 1.29 is 14.3 Å². The van der Waals surface area contributed by atoms with Gasteiger partial charge in [-0.1, -0.05) is 30.3 Å². The molecule has 32 heavy (non-hydrogen) atoms. The molecule has 8 heteroatoms. The van der Waals surface area contributed by atoms with Gasteiger partial charge in [0, 0.05) is 56.6 Å². The van der Waals surface area contributed by atoms with Crippen LogP contribution in [0.3, 0.4) is 0 Å². The highest BCUT2D eigenvalue weighted by atomic mass is 16.6. The molecule has 0 bridgehead atoms. The fraction of sp³-hybridized carbons (Fsp3) is 0.458. The van der Waals surface area contributed by atoms with Crippen LogP contribution in [0.15, 0.2) is 48.7 Å². The zero-order valence-corrected chi connectivity index (χ0v) is 18.5. The number of anilines is 1. The highest BCUT2D eigenvalue weighted by molar-refractivity contribution is 5.95. The summed E-state index contributed by atoms with van der Waals surface area (Å²) in [6.45, 7) is 5.86. The van der Waals surface area contributed by atoms with Crippen molar-refractivity contribution in [2.45, 2.75) is 31.8 Å². The summed E-state index contributed by atoms with van der Waals surface area (Å²) in [5, 5.41) is 6.68. The van der Waals surface area contributed by atoms with Crippen LogP contribution in [0.25, 0.3) is 0 Å². The number of hydrogen-bond donors (Lipinski definition) is 2. The molecule has 4 rings (SSSR count). The van der Waals surface area contributed by atoms with Gasteiger partial charge < -0.3 is 25.2 Å². The number of pyridine rings is 1. The summed E-state index contributed by atoms with van der Waals surface area (Å²) in [5.41, 5.74) is 1.86. The third kappa shape index (κ3) is 5.37. The van der Waals surface area contributed by atoms with Gasteiger partial charge in [-0.05, 0) is 37.5 Å². The molecule has 2 aromatic rings. The van der Waals surface area contributed by atoms with E-state index in [1.165, 1.54) is 5.56 Å². The third-order valence-corrected chi connectivity index (χ3v) is 6.07. The minimum Gasteiger partial charge on any atom is -0.450 e. The molecule has 0 spiro atoms. The molecule has 2 amide bonds. The minimum absolute atomic E-state index is 0.0476. The highest BCUT2D eigenvalue weighted by Crippen LogP contribution is 2.22. The standard InChI is InChI=1S/C24H31N5O3/c1-2-32-24(31)28-13-9-20(10-14-28)27-23(30)19-8-11-26-22(16-19)29-15-12-25-21(17-29)18-6-4-3-5-7-18/h3-8,11,16,20-21,25H,2,9-10,12-15,17H2,1H3,(H,27,30)/t21-/m1/s1. The van der Waals surface area contributed by atoms with E-state index in [0.717, 1.165) is 38.3 Å². The van der Waals surface area contributed by atoms with E-state index in [0.29, 0.717) is 25.3 Å². The molecule has 2 aliphatic heterocycles. The van der Waals surface area contributed by atoms with Crippen LogP contribution < -0.4 is 15.5 Å². The van der Waals surface area contributed by atoms with Crippen LogP contribution in [0.4, 0.5) is 10.6 Å². The molecule has 0 aliphatic carbocycles.